The summed E-state index contributed by atoms with van der Waals surface area (Å²) in [5.41, 5.74) is 0. The molecule has 21 heavy (non-hydrogen) atoms. The Morgan fingerprint density at radius 1 is 1.43 bits per heavy atom. The molecular weight excluding hydrogens is 270 g/mol. The third-order valence-corrected chi connectivity index (χ3v) is 3.97. The van der Waals surface area contributed by atoms with Crippen LogP contribution >= 0.6 is 0 Å². The second-order valence-corrected chi connectivity index (χ2v) is 5.47. The second kappa shape index (κ2) is 7.19. The molecule has 1 aromatic heterocycles. The van der Waals surface area contributed by atoms with Gasteiger partial charge in [0, 0.05) is 13.5 Å². The standard InChI is InChI=1S/C14H23N5O2/c1-3-19-9-16-18-12(19)8-15-14(21)13(17-10(2)20)11-6-4-5-7-11/h9,11,13H,3-8H2,1-2H3,(H,15,21)(H,17,20). The van der Waals surface area contributed by atoms with E-state index in [1.165, 1.54) is 6.92 Å². The number of nitrogens with one attached hydrogen (secondary N) is 2. The van der Waals surface area contributed by atoms with Gasteiger partial charge in [-0.05, 0) is 25.7 Å². The van der Waals surface area contributed by atoms with E-state index in [2.05, 4.69) is 20.8 Å². The predicted octanol–water partition coefficient (Wildman–Crippen LogP) is 0.609. The van der Waals surface area contributed by atoms with Crippen LogP contribution in [-0.2, 0) is 22.7 Å². The molecule has 7 heteroatoms. The largest absolute Gasteiger partial charge is 0.347 e. The second-order valence-electron chi connectivity index (χ2n) is 5.47. The Labute approximate surface area is 124 Å². The van der Waals surface area contributed by atoms with E-state index < -0.39 is 6.04 Å². The van der Waals surface area contributed by atoms with Crippen molar-refractivity contribution in [1.29, 1.82) is 0 Å². The van der Waals surface area contributed by atoms with Gasteiger partial charge in [-0.15, -0.1) is 10.2 Å². The Morgan fingerprint density at radius 3 is 2.76 bits per heavy atom. The van der Waals surface area contributed by atoms with E-state index in [0.29, 0.717) is 6.54 Å². The van der Waals surface area contributed by atoms with Gasteiger partial charge in [-0.1, -0.05) is 12.8 Å². The van der Waals surface area contributed by atoms with Crippen LogP contribution < -0.4 is 10.6 Å². The van der Waals surface area contributed by atoms with Gasteiger partial charge < -0.3 is 15.2 Å². The Balaban J connectivity index is 1.96. The molecule has 1 fully saturated rings. The number of carbonyl (C=O) groups excluding carboxylic acids is 2. The van der Waals surface area contributed by atoms with Gasteiger partial charge in [-0.2, -0.15) is 0 Å². The first kappa shape index (κ1) is 15.5. The van der Waals surface area contributed by atoms with Crippen LogP contribution in [0.2, 0.25) is 0 Å². The van der Waals surface area contributed by atoms with E-state index in [9.17, 15) is 9.59 Å². The Hall–Kier alpha value is -1.92. The molecule has 2 N–H and O–H groups in total. The number of aromatic nitrogens is 3. The van der Waals surface area contributed by atoms with Crippen LogP contribution in [0.3, 0.4) is 0 Å². The monoisotopic (exact) mass is 293 g/mol. The predicted molar refractivity (Wildman–Crippen MR) is 77.1 cm³/mol. The summed E-state index contributed by atoms with van der Waals surface area (Å²) in [6, 6.07) is -0.442. The maximum Gasteiger partial charge on any atom is 0.243 e. The fraction of sp³-hybridized carbons (Fsp3) is 0.714. The van der Waals surface area contributed by atoms with Gasteiger partial charge in [0.15, 0.2) is 5.82 Å². The highest BCUT2D eigenvalue weighted by molar-refractivity contribution is 5.87. The van der Waals surface area contributed by atoms with Gasteiger partial charge in [0.05, 0.1) is 6.54 Å². The lowest BCUT2D eigenvalue weighted by molar-refractivity contribution is -0.129. The van der Waals surface area contributed by atoms with Gasteiger partial charge >= 0.3 is 0 Å². The van der Waals surface area contributed by atoms with Crippen LogP contribution in [0.5, 0.6) is 0 Å². The first-order valence-corrected chi connectivity index (χ1v) is 7.53. The molecule has 0 aromatic carbocycles. The van der Waals surface area contributed by atoms with Gasteiger partial charge in [0.2, 0.25) is 11.8 Å². The van der Waals surface area contributed by atoms with Crippen molar-refractivity contribution >= 4 is 11.8 Å². The molecule has 0 spiro atoms. The fourth-order valence-electron chi connectivity index (χ4n) is 2.86. The highest BCUT2D eigenvalue weighted by Gasteiger charge is 2.31. The zero-order valence-electron chi connectivity index (χ0n) is 12.6. The number of aryl methyl sites for hydroxylation is 1. The molecule has 1 saturated carbocycles. The number of amides is 2. The lowest BCUT2D eigenvalue weighted by Crippen LogP contribution is -2.49. The van der Waals surface area contributed by atoms with Crippen molar-refractivity contribution in [3.8, 4) is 0 Å². The average molecular weight is 293 g/mol. The minimum Gasteiger partial charge on any atom is -0.347 e. The van der Waals surface area contributed by atoms with Gasteiger partial charge in [-0.3, -0.25) is 9.59 Å². The van der Waals surface area contributed by atoms with E-state index in [1.807, 2.05) is 11.5 Å². The van der Waals surface area contributed by atoms with E-state index >= 15 is 0 Å². The molecule has 7 nitrogen and oxygen atoms in total. The molecule has 2 amide bonds. The molecule has 1 atom stereocenters. The summed E-state index contributed by atoms with van der Waals surface area (Å²) in [5, 5.41) is 13.5. The quantitative estimate of drug-likeness (QED) is 0.804. The third kappa shape index (κ3) is 4.03. The van der Waals surface area contributed by atoms with E-state index in [1.54, 1.807) is 6.33 Å². The average Bonchev–Trinajstić information content (AvgIpc) is 3.12. The molecule has 1 aliphatic rings. The molecule has 116 valence electrons. The van der Waals surface area contributed by atoms with Crippen LogP contribution in [-0.4, -0.2) is 32.6 Å². The Bertz CT molecular complexity index is 493. The summed E-state index contributed by atoms with van der Waals surface area (Å²) < 4.78 is 1.88. The number of hydrogen-bond acceptors (Lipinski definition) is 4. The van der Waals surface area contributed by atoms with Crippen LogP contribution in [0.4, 0.5) is 0 Å². The highest BCUT2D eigenvalue weighted by Crippen LogP contribution is 2.27. The number of carbonyl (C=O) groups is 2. The Kier molecular flexibility index (Phi) is 5.30. The molecular formula is C14H23N5O2. The summed E-state index contributed by atoms with van der Waals surface area (Å²) >= 11 is 0. The maximum absolute atomic E-state index is 12.4. The summed E-state index contributed by atoms with van der Waals surface area (Å²) in [6.45, 7) is 4.53. The lowest BCUT2D eigenvalue weighted by Gasteiger charge is -2.23. The van der Waals surface area contributed by atoms with Crippen LogP contribution in [0.15, 0.2) is 6.33 Å². The first-order valence-electron chi connectivity index (χ1n) is 7.53. The topological polar surface area (TPSA) is 88.9 Å². The molecule has 1 aromatic rings. The molecule has 1 unspecified atom stereocenters. The van der Waals surface area contributed by atoms with Gasteiger partial charge in [-0.25, -0.2) is 0 Å². The van der Waals surface area contributed by atoms with Crippen LogP contribution in [0.1, 0.15) is 45.4 Å². The van der Waals surface area contributed by atoms with E-state index in [-0.39, 0.29) is 17.7 Å². The molecule has 0 bridgehead atoms. The van der Waals surface area contributed by atoms with Gasteiger partial charge in [0.1, 0.15) is 12.4 Å². The number of rotatable bonds is 6. The lowest BCUT2D eigenvalue weighted by atomic mass is 9.97. The highest BCUT2D eigenvalue weighted by atomic mass is 16.2. The molecule has 1 heterocycles. The van der Waals surface area contributed by atoms with Crippen molar-refractivity contribution in [1.82, 2.24) is 25.4 Å². The van der Waals surface area contributed by atoms with Crippen molar-refractivity contribution in [3.63, 3.8) is 0 Å². The normalized spacial score (nSPS) is 16.7. The molecule has 2 rings (SSSR count). The van der Waals surface area contributed by atoms with Crippen molar-refractivity contribution in [2.45, 2.75) is 58.7 Å². The Morgan fingerprint density at radius 2 is 2.14 bits per heavy atom. The van der Waals surface area contributed by atoms with Crippen molar-refractivity contribution in [3.05, 3.63) is 12.2 Å². The summed E-state index contributed by atoms with van der Waals surface area (Å²) in [5.74, 6) is 0.651. The zero-order chi connectivity index (χ0) is 15.2. The summed E-state index contributed by atoms with van der Waals surface area (Å²) in [7, 11) is 0. The van der Waals surface area contributed by atoms with Gasteiger partial charge in [0.25, 0.3) is 0 Å². The number of hydrogen-bond donors (Lipinski definition) is 2. The summed E-state index contributed by atoms with van der Waals surface area (Å²) in [6.07, 6.45) is 5.87. The smallest absolute Gasteiger partial charge is 0.243 e. The zero-order valence-corrected chi connectivity index (χ0v) is 12.6. The van der Waals surface area contributed by atoms with Crippen molar-refractivity contribution in [2.24, 2.45) is 5.92 Å². The van der Waals surface area contributed by atoms with Crippen LogP contribution in [0.25, 0.3) is 0 Å². The molecule has 0 aliphatic heterocycles. The summed E-state index contributed by atoms with van der Waals surface area (Å²) in [4.78, 5) is 23.7. The van der Waals surface area contributed by atoms with Crippen molar-refractivity contribution in [2.75, 3.05) is 0 Å². The molecule has 0 saturated heterocycles. The minimum absolute atomic E-state index is 0.136. The molecule has 1 aliphatic carbocycles. The van der Waals surface area contributed by atoms with E-state index in [0.717, 1.165) is 38.1 Å². The van der Waals surface area contributed by atoms with Crippen LogP contribution in [0, 0.1) is 5.92 Å². The first-order chi connectivity index (χ1) is 10.1. The van der Waals surface area contributed by atoms with Crippen molar-refractivity contribution < 1.29 is 9.59 Å². The fourth-order valence-corrected chi connectivity index (χ4v) is 2.86. The maximum atomic E-state index is 12.4. The SMILES string of the molecule is CCn1cnnc1CNC(=O)C(NC(C)=O)C1CCCC1. The minimum atomic E-state index is -0.442. The van der Waals surface area contributed by atoms with E-state index in [4.69, 9.17) is 0 Å². The third-order valence-electron chi connectivity index (χ3n) is 3.97. The number of nitrogens with zero attached hydrogens (tertiary/aromatic N) is 3. The molecule has 0 radical (unpaired) electrons.